The maximum absolute atomic E-state index is 13.2. The summed E-state index contributed by atoms with van der Waals surface area (Å²) in [6.07, 6.45) is 2.63. The molecule has 0 saturated heterocycles. The van der Waals surface area contributed by atoms with Crippen molar-refractivity contribution in [2.24, 2.45) is 16.5 Å². The van der Waals surface area contributed by atoms with Gasteiger partial charge in [-0.3, -0.25) is 33.8 Å². The average Bonchev–Trinajstić information content (AvgIpc) is 3.01. The van der Waals surface area contributed by atoms with Gasteiger partial charge in [-0.25, -0.2) is 0 Å². The second-order valence-electron chi connectivity index (χ2n) is 9.91. The Morgan fingerprint density at radius 1 is 0.957 bits per heavy atom. The van der Waals surface area contributed by atoms with Gasteiger partial charge < -0.3 is 43.2 Å². The topological polar surface area (TPSA) is 247 Å². The van der Waals surface area contributed by atoms with Crippen LogP contribution in [0.5, 0.6) is 0 Å². The Labute approximate surface area is 274 Å². The monoisotopic (exact) mass is 676 g/mol. The molecule has 0 radical (unpaired) electrons. The van der Waals surface area contributed by atoms with E-state index in [4.69, 9.17) is 11.5 Å². The van der Waals surface area contributed by atoms with E-state index in [0.29, 0.717) is 35.9 Å². The number of aliphatic imine (C=N–C) groups is 1. The number of unbranched alkanes of at least 4 members (excludes halogenated alkanes) is 1. The Morgan fingerprint density at radius 2 is 1.67 bits per heavy atom. The van der Waals surface area contributed by atoms with Gasteiger partial charge in [0.25, 0.3) is 5.91 Å². The molecule has 2 atom stereocenters. The van der Waals surface area contributed by atoms with Crippen LogP contribution < -0.4 is 38.1 Å². The van der Waals surface area contributed by atoms with E-state index in [9.17, 15) is 33.9 Å². The van der Waals surface area contributed by atoms with E-state index in [0.717, 1.165) is 0 Å². The molecule has 2 aromatic rings. The zero-order valence-corrected chi connectivity index (χ0v) is 27.2. The van der Waals surface area contributed by atoms with Crippen molar-refractivity contribution in [3.8, 4) is 0 Å². The van der Waals surface area contributed by atoms with Gasteiger partial charge >= 0.3 is 5.97 Å². The minimum atomic E-state index is -1.51. The van der Waals surface area contributed by atoms with Crippen LogP contribution in [0.4, 0.5) is 5.69 Å². The largest absolute Gasteiger partial charge is 0.481 e. The maximum Gasteiger partial charge on any atom is 0.305 e. The van der Waals surface area contributed by atoms with Crippen LogP contribution in [-0.2, 0) is 24.0 Å². The molecule has 10 N–H and O–H groups in total. The lowest BCUT2D eigenvalue weighted by Gasteiger charge is -2.20. The lowest BCUT2D eigenvalue weighted by atomic mass is 10.0. The van der Waals surface area contributed by atoms with Gasteiger partial charge in [0.2, 0.25) is 23.6 Å². The number of hydrogen-bond donors (Lipinski definition) is 8. The van der Waals surface area contributed by atoms with Crippen molar-refractivity contribution in [1.29, 1.82) is 0 Å². The first kappa shape index (κ1) is 37.7. The highest BCUT2D eigenvalue weighted by Gasteiger charge is 2.26. The second-order valence-corrected chi connectivity index (χ2v) is 12.6. The van der Waals surface area contributed by atoms with Crippen molar-refractivity contribution in [3.05, 3.63) is 42.0 Å². The number of carbonyl (C=O) groups excluding carboxylic acids is 5. The molecule has 17 heteroatoms. The Kier molecular flexibility index (Phi) is 16.2. The molecule has 0 aliphatic heterocycles. The Bertz CT molecular complexity index is 1440. The van der Waals surface area contributed by atoms with E-state index in [2.05, 4.69) is 31.6 Å². The lowest BCUT2D eigenvalue weighted by molar-refractivity contribution is -0.140. The number of carbonyl (C=O) groups is 6. The lowest BCUT2D eigenvalue weighted by Crippen LogP contribution is -2.51. The number of nitrogens with zero attached hydrogens (tertiary/aromatic N) is 1. The number of rotatable bonds is 19. The smallest absolute Gasteiger partial charge is 0.305 e. The molecule has 0 saturated carbocycles. The number of amides is 5. The van der Waals surface area contributed by atoms with Gasteiger partial charge in [0.15, 0.2) is 5.96 Å². The number of carboxylic acids is 1. The highest BCUT2D eigenvalue weighted by molar-refractivity contribution is 8.76. The molecule has 0 bridgehead atoms. The zero-order valence-electron chi connectivity index (χ0n) is 25.6. The number of aliphatic carboxylic acids is 1. The SMILES string of the molecule is CNC(=O)c1cc(NC(=O)[C@H](CC(=O)O)NC(=O)CNC(=O)[C@H](CCCCN=C(N)N)NC(=O)CCSSC)c2ccccc2c1. The van der Waals surface area contributed by atoms with E-state index < -0.39 is 54.6 Å². The third-order valence-corrected chi connectivity index (χ3v) is 8.25. The summed E-state index contributed by atoms with van der Waals surface area (Å²) in [7, 11) is 4.48. The van der Waals surface area contributed by atoms with E-state index in [1.54, 1.807) is 30.3 Å². The van der Waals surface area contributed by atoms with Crippen LogP contribution in [-0.4, -0.2) is 90.8 Å². The number of fused-ring (bicyclic) bond motifs is 1. The molecule has 15 nitrogen and oxygen atoms in total. The molecular weight excluding hydrogens is 637 g/mol. The third kappa shape index (κ3) is 13.2. The van der Waals surface area contributed by atoms with Crippen molar-refractivity contribution in [1.82, 2.24) is 21.3 Å². The van der Waals surface area contributed by atoms with Gasteiger partial charge in [0.1, 0.15) is 12.1 Å². The van der Waals surface area contributed by atoms with Gasteiger partial charge in [-0.1, -0.05) is 45.9 Å². The van der Waals surface area contributed by atoms with Crippen LogP contribution in [0.3, 0.4) is 0 Å². The molecule has 0 heterocycles. The molecule has 5 amide bonds. The van der Waals surface area contributed by atoms with E-state index in [1.165, 1.54) is 34.7 Å². The fourth-order valence-electron chi connectivity index (χ4n) is 4.25. The predicted octanol–water partition coefficient (Wildman–Crippen LogP) is 0.543. The number of nitrogens with two attached hydrogens (primary N) is 2. The van der Waals surface area contributed by atoms with Crippen LogP contribution in [0, 0.1) is 0 Å². The van der Waals surface area contributed by atoms with Crippen LogP contribution >= 0.6 is 21.6 Å². The molecule has 0 aliphatic carbocycles. The van der Waals surface area contributed by atoms with E-state index >= 15 is 0 Å². The first-order valence-corrected chi connectivity index (χ1v) is 17.0. The fourth-order valence-corrected chi connectivity index (χ4v) is 5.44. The molecule has 0 aliphatic rings. The van der Waals surface area contributed by atoms with Crippen molar-refractivity contribution < 1.29 is 33.9 Å². The summed E-state index contributed by atoms with van der Waals surface area (Å²) in [6.45, 7) is -0.240. The van der Waals surface area contributed by atoms with Crippen molar-refractivity contribution in [2.75, 3.05) is 37.5 Å². The molecule has 0 spiro atoms. The zero-order chi connectivity index (χ0) is 34.1. The molecule has 0 fully saturated rings. The second kappa shape index (κ2) is 19.8. The molecule has 46 heavy (non-hydrogen) atoms. The Hall–Kier alpha value is -4.51. The highest BCUT2D eigenvalue weighted by atomic mass is 33.1. The molecule has 250 valence electrons. The number of anilines is 1. The number of hydrogen-bond acceptors (Lipinski definition) is 9. The molecular formula is C29H40N8O7S2. The standard InChI is InChI=1S/C29H40N8O7S2/c1-32-26(42)18-13-17-7-3-4-8-19(17)21(14-18)37-28(44)22(15-25(40)41)36-24(39)16-34-27(43)20(9-5-6-11-33-29(30)31)35-23(38)10-12-46-45-2/h3-4,7-8,13-14,20,22H,5-6,9-12,15-16H2,1-2H3,(H,32,42)(H,34,43)(H,35,38)(H,36,39)(H,37,44)(H,40,41)(H4,30,31,33)/t20-,22-/m0/s1. The minimum absolute atomic E-state index is 0.0550. The molecule has 2 rings (SSSR count). The maximum atomic E-state index is 13.2. The normalized spacial score (nSPS) is 11.9. The first-order valence-electron chi connectivity index (χ1n) is 14.3. The molecule has 2 aromatic carbocycles. The summed E-state index contributed by atoms with van der Waals surface area (Å²) < 4.78 is 0. The third-order valence-electron chi connectivity index (χ3n) is 6.44. The van der Waals surface area contributed by atoms with Crippen molar-refractivity contribution in [3.63, 3.8) is 0 Å². The predicted molar refractivity (Wildman–Crippen MR) is 180 cm³/mol. The fraction of sp³-hybridized carbons (Fsp3) is 0.414. The van der Waals surface area contributed by atoms with Crippen molar-refractivity contribution >= 4 is 79.5 Å². The van der Waals surface area contributed by atoms with Gasteiger partial charge in [-0.05, 0) is 43.0 Å². The molecule has 0 aromatic heterocycles. The van der Waals surface area contributed by atoms with Crippen molar-refractivity contribution in [2.45, 2.75) is 44.2 Å². The first-order chi connectivity index (χ1) is 21.9. The Morgan fingerprint density at radius 3 is 2.35 bits per heavy atom. The quantitative estimate of drug-likeness (QED) is 0.0442. The van der Waals surface area contributed by atoms with Crippen LogP contribution in [0.15, 0.2) is 41.4 Å². The summed E-state index contributed by atoms with van der Waals surface area (Å²) >= 11 is 0. The van der Waals surface area contributed by atoms with Gasteiger partial charge in [-0.15, -0.1) is 0 Å². The number of guanidine groups is 1. The van der Waals surface area contributed by atoms with Gasteiger partial charge in [-0.2, -0.15) is 0 Å². The van der Waals surface area contributed by atoms with E-state index in [-0.39, 0.29) is 36.0 Å². The number of carboxylic acid groups (broad SMARTS) is 1. The number of nitrogens with one attached hydrogen (secondary N) is 5. The summed E-state index contributed by atoms with van der Waals surface area (Å²) in [4.78, 5) is 79.1. The summed E-state index contributed by atoms with van der Waals surface area (Å²) in [5, 5.41) is 23.3. The van der Waals surface area contributed by atoms with Crippen LogP contribution in [0.2, 0.25) is 0 Å². The Balaban J connectivity index is 2.10. The average molecular weight is 677 g/mol. The van der Waals surface area contributed by atoms with Gasteiger partial charge in [0.05, 0.1) is 13.0 Å². The van der Waals surface area contributed by atoms with Crippen LogP contribution in [0.25, 0.3) is 10.8 Å². The number of benzene rings is 2. The van der Waals surface area contributed by atoms with E-state index in [1.807, 2.05) is 6.26 Å². The summed E-state index contributed by atoms with van der Waals surface area (Å²) in [5.41, 5.74) is 11.2. The summed E-state index contributed by atoms with van der Waals surface area (Å²) in [5.74, 6) is -3.87. The van der Waals surface area contributed by atoms with Crippen LogP contribution in [0.1, 0.15) is 42.5 Å². The highest BCUT2D eigenvalue weighted by Crippen LogP contribution is 2.26. The minimum Gasteiger partial charge on any atom is -0.481 e. The van der Waals surface area contributed by atoms with Gasteiger partial charge in [0, 0.05) is 42.4 Å². The molecule has 0 unspecified atom stereocenters. The summed E-state index contributed by atoms with van der Waals surface area (Å²) in [6, 6.07) is 7.60.